The van der Waals surface area contributed by atoms with Gasteiger partial charge in [0.2, 0.25) is 0 Å². The molecule has 2 N–H and O–H groups in total. The molecule has 2 rings (SSSR count). The molecule has 1 saturated heterocycles. The summed E-state index contributed by atoms with van der Waals surface area (Å²) in [5.74, 6) is 0. The molecule has 1 fully saturated rings. The molecule has 90 valence electrons. The van der Waals surface area contributed by atoms with E-state index in [4.69, 9.17) is 0 Å². The van der Waals surface area contributed by atoms with Crippen molar-refractivity contribution in [1.82, 2.24) is 19.6 Å². The predicted molar refractivity (Wildman–Crippen MR) is 59.4 cm³/mol. The van der Waals surface area contributed by atoms with Crippen LogP contribution < -0.4 is 5.32 Å². The first-order chi connectivity index (χ1) is 7.66. The van der Waals surface area contributed by atoms with Gasteiger partial charge in [-0.05, 0) is 13.0 Å². The second kappa shape index (κ2) is 4.52. The molecule has 0 aliphatic carbocycles. The Bertz CT molecular complexity index is 422. The zero-order chi connectivity index (χ0) is 11.6. The van der Waals surface area contributed by atoms with Crippen LogP contribution in [0.5, 0.6) is 0 Å². The number of nitrogens with zero attached hydrogens (tertiary/aromatic N) is 2. The van der Waals surface area contributed by atoms with E-state index >= 15 is 0 Å². The average Bonchev–Trinajstić information content (AvgIpc) is 2.91. The number of likely N-dealkylation sites (N-methyl/N-ethyl adjacent to an activating group) is 1. The maximum absolute atomic E-state index is 12.2. The Labute approximate surface area is 95.1 Å². The van der Waals surface area contributed by atoms with Gasteiger partial charge in [-0.15, -0.1) is 0 Å². The summed E-state index contributed by atoms with van der Waals surface area (Å²) in [5.41, 5.74) is 0. The first-order valence-electron chi connectivity index (χ1n) is 5.37. The normalized spacial score (nSPS) is 21.8. The topological polar surface area (TPSA) is 78.1 Å². The van der Waals surface area contributed by atoms with Gasteiger partial charge in [0.05, 0.1) is 12.5 Å². The molecule has 1 unspecified atom stereocenters. The summed E-state index contributed by atoms with van der Waals surface area (Å²) in [5, 5.41) is 3.34. The molecular formula is C9H16N4O2S. The Morgan fingerprint density at radius 2 is 2.44 bits per heavy atom. The fourth-order valence-electron chi connectivity index (χ4n) is 2.02. The number of imidazole rings is 1. The van der Waals surface area contributed by atoms with E-state index in [-0.39, 0.29) is 11.1 Å². The van der Waals surface area contributed by atoms with Crippen LogP contribution in [0.2, 0.25) is 0 Å². The highest BCUT2D eigenvalue weighted by molar-refractivity contribution is 7.89. The lowest BCUT2D eigenvalue weighted by Gasteiger charge is -2.25. The summed E-state index contributed by atoms with van der Waals surface area (Å²) in [4.78, 5) is 6.41. The lowest BCUT2D eigenvalue weighted by molar-refractivity contribution is 0.347. The number of rotatable bonds is 4. The van der Waals surface area contributed by atoms with Crippen molar-refractivity contribution in [3.63, 3.8) is 0 Å². The van der Waals surface area contributed by atoms with Gasteiger partial charge in [-0.1, -0.05) is 6.92 Å². The van der Waals surface area contributed by atoms with Crippen LogP contribution in [-0.2, 0) is 10.0 Å². The van der Waals surface area contributed by atoms with E-state index in [1.54, 1.807) is 0 Å². The van der Waals surface area contributed by atoms with Crippen molar-refractivity contribution >= 4 is 10.0 Å². The number of H-pyrrole nitrogens is 1. The van der Waals surface area contributed by atoms with Crippen molar-refractivity contribution in [2.24, 2.45) is 0 Å². The molecule has 1 aromatic rings. The molecule has 0 bridgehead atoms. The van der Waals surface area contributed by atoms with Crippen LogP contribution in [0.25, 0.3) is 0 Å². The lowest BCUT2D eigenvalue weighted by atomic mass is 10.3. The first kappa shape index (κ1) is 11.6. The second-order valence-corrected chi connectivity index (χ2v) is 5.63. The minimum atomic E-state index is -3.42. The maximum atomic E-state index is 12.2. The van der Waals surface area contributed by atoms with Crippen molar-refractivity contribution in [3.05, 3.63) is 12.5 Å². The SMILES string of the molecule is CCN(C1CCNC1)S(=O)(=O)c1cnc[nH]1. The Kier molecular flexibility index (Phi) is 3.27. The van der Waals surface area contributed by atoms with Crippen LogP contribution in [-0.4, -0.2) is 48.4 Å². The summed E-state index contributed by atoms with van der Waals surface area (Å²) >= 11 is 0. The summed E-state index contributed by atoms with van der Waals surface area (Å²) < 4.78 is 26.0. The van der Waals surface area contributed by atoms with E-state index in [9.17, 15) is 8.42 Å². The molecule has 0 saturated carbocycles. The third-order valence-corrected chi connectivity index (χ3v) is 4.77. The molecule has 6 nitrogen and oxygen atoms in total. The Hall–Kier alpha value is -0.920. The van der Waals surface area contributed by atoms with Gasteiger partial charge in [0, 0.05) is 19.1 Å². The average molecular weight is 244 g/mol. The highest BCUT2D eigenvalue weighted by Crippen LogP contribution is 2.18. The molecule has 2 heterocycles. The number of aromatic nitrogens is 2. The van der Waals surface area contributed by atoms with Gasteiger partial charge >= 0.3 is 0 Å². The molecule has 0 spiro atoms. The van der Waals surface area contributed by atoms with E-state index in [1.165, 1.54) is 16.8 Å². The molecule has 0 amide bonds. The number of hydrogen-bond donors (Lipinski definition) is 2. The smallest absolute Gasteiger partial charge is 0.260 e. The van der Waals surface area contributed by atoms with E-state index in [1.807, 2.05) is 6.92 Å². The summed E-state index contributed by atoms with van der Waals surface area (Å²) in [6.07, 6.45) is 3.59. The van der Waals surface area contributed by atoms with E-state index in [0.29, 0.717) is 6.54 Å². The van der Waals surface area contributed by atoms with Gasteiger partial charge in [0.25, 0.3) is 10.0 Å². The Morgan fingerprint density at radius 3 is 2.94 bits per heavy atom. The monoisotopic (exact) mass is 244 g/mol. The highest BCUT2D eigenvalue weighted by atomic mass is 32.2. The van der Waals surface area contributed by atoms with Gasteiger partial charge in [-0.3, -0.25) is 0 Å². The minimum Gasteiger partial charge on any atom is -0.335 e. The first-order valence-corrected chi connectivity index (χ1v) is 6.81. The summed E-state index contributed by atoms with van der Waals surface area (Å²) in [7, 11) is -3.42. The van der Waals surface area contributed by atoms with Crippen molar-refractivity contribution in [2.75, 3.05) is 19.6 Å². The standard InChI is InChI=1S/C9H16N4O2S/c1-2-13(8-3-4-10-5-8)16(14,15)9-6-11-7-12-9/h6-8,10H,2-5H2,1H3,(H,11,12). The molecule has 0 aromatic carbocycles. The van der Waals surface area contributed by atoms with Crippen LogP contribution in [0.4, 0.5) is 0 Å². The number of aromatic amines is 1. The third kappa shape index (κ3) is 1.98. The molecule has 0 radical (unpaired) electrons. The van der Waals surface area contributed by atoms with Crippen LogP contribution in [0.3, 0.4) is 0 Å². The van der Waals surface area contributed by atoms with E-state index < -0.39 is 10.0 Å². The minimum absolute atomic E-state index is 0.0540. The maximum Gasteiger partial charge on any atom is 0.260 e. The second-order valence-electron chi connectivity index (χ2n) is 3.77. The van der Waals surface area contributed by atoms with Gasteiger partial charge in [-0.25, -0.2) is 13.4 Å². The van der Waals surface area contributed by atoms with Gasteiger partial charge in [0.15, 0.2) is 5.03 Å². The van der Waals surface area contributed by atoms with Gasteiger partial charge in [0.1, 0.15) is 0 Å². The third-order valence-electron chi connectivity index (χ3n) is 2.81. The largest absolute Gasteiger partial charge is 0.335 e. The van der Waals surface area contributed by atoms with Crippen LogP contribution in [0.15, 0.2) is 17.6 Å². The summed E-state index contributed by atoms with van der Waals surface area (Å²) in [6, 6.07) is 0.0540. The molecule has 7 heteroatoms. The predicted octanol–water partition coefficient (Wildman–Crippen LogP) is -0.218. The fourth-order valence-corrected chi connectivity index (χ4v) is 3.58. The van der Waals surface area contributed by atoms with Crippen LogP contribution in [0.1, 0.15) is 13.3 Å². The van der Waals surface area contributed by atoms with Gasteiger partial charge < -0.3 is 10.3 Å². The number of sulfonamides is 1. The molecule has 1 aromatic heterocycles. The zero-order valence-corrected chi connectivity index (χ0v) is 10.00. The molecule has 1 aliphatic rings. The Balaban J connectivity index is 2.26. The zero-order valence-electron chi connectivity index (χ0n) is 9.18. The van der Waals surface area contributed by atoms with E-state index in [0.717, 1.165) is 19.5 Å². The quantitative estimate of drug-likeness (QED) is 0.767. The van der Waals surface area contributed by atoms with Crippen molar-refractivity contribution in [2.45, 2.75) is 24.4 Å². The number of hydrogen-bond acceptors (Lipinski definition) is 4. The Morgan fingerprint density at radius 1 is 1.62 bits per heavy atom. The van der Waals surface area contributed by atoms with E-state index in [2.05, 4.69) is 15.3 Å². The molecule has 1 aliphatic heterocycles. The molecular weight excluding hydrogens is 228 g/mol. The molecule has 1 atom stereocenters. The van der Waals surface area contributed by atoms with Gasteiger partial charge in [-0.2, -0.15) is 4.31 Å². The van der Waals surface area contributed by atoms with Crippen molar-refractivity contribution < 1.29 is 8.42 Å². The highest BCUT2D eigenvalue weighted by Gasteiger charge is 2.32. The number of nitrogens with one attached hydrogen (secondary N) is 2. The molecule has 16 heavy (non-hydrogen) atoms. The lowest BCUT2D eigenvalue weighted by Crippen LogP contribution is -2.41. The van der Waals surface area contributed by atoms with Crippen LogP contribution >= 0.6 is 0 Å². The summed E-state index contributed by atoms with van der Waals surface area (Å²) in [6.45, 7) is 3.93. The van der Waals surface area contributed by atoms with Crippen molar-refractivity contribution in [3.8, 4) is 0 Å². The van der Waals surface area contributed by atoms with Crippen molar-refractivity contribution in [1.29, 1.82) is 0 Å². The fraction of sp³-hybridized carbons (Fsp3) is 0.667. The van der Waals surface area contributed by atoms with Crippen LogP contribution in [0, 0.1) is 0 Å².